The van der Waals surface area contributed by atoms with E-state index in [2.05, 4.69) is 40.6 Å². The summed E-state index contributed by atoms with van der Waals surface area (Å²) in [6, 6.07) is 15.2. The van der Waals surface area contributed by atoms with Crippen LogP contribution in [0.4, 0.5) is 5.95 Å². The van der Waals surface area contributed by atoms with Crippen LogP contribution in [-0.4, -0.2) is 118 Å². The first-order valence-electron chi connectivity index (χ1n) is 25.7. The number of aromatic hydroxyl groups is 1. The molecule has 7 heterocycles. The molecule has 10 rings (SSSR count). The summed E-state index contributed by atoms with van der Waals surface area (Å²) in [7, 11) is 0. The monoisotopic (exact) mass is 1010 g/mol. The SMILES string of the molecule is Cc1ncsc1-c1ccc([C@H](C)NC(=O)[C@@H]2C[C@@H](O)CN2C(=O)[C@@H](NC(=O)[C@H]2CC[C@@H](N3CCC(c4cnc(N5CCc6c(c7cc(-c8ccccc8O)nnc7[nH]c6=O)C5)nc4)CC3)CC2)C(C)(C)C)cc1. The molecule has 2 aromatic carbocycles. The number of carbonyl (C=O) groups excluding carboxylic acids is 3. The zero-order chi connectivity index (χ0) is 51.1. The van der Waals surface area contributed by atoms with Crippen molar-refractivity contribution in [3.63, 3.8) is 0 Å². The molecule has 1 saturated carbocycles. The first-order chi connectivity index (χ1) is 35.1. The summed E-state index contributed by atoms with van der Waals surface area (Å²) in [5, 5.41) is 36.9. The van der Waals surface area contributed by atoms with E-state index in [1.165, 1.54) is 4.90 Å². The van der Waals surface area contributed by atoms with Crippen molar-refractivity contribution in [2.24, 2.45) is 11.3 Å². The summed E-state index contributed by atoms with van der Waals surface area (Å²) in [6.07, 6.45) is 8.89. The number of para-hydroxylation sites is 1. The van der Waals surface area contributed by atoms with Gasteiger partial charge >= 0.3 is 0 Å². The summed E-state index contributed by atoms with van der Waals surface area (Å²) < 4.78 is 0. The van der Waals surface area contributed by atoms with Crippen LogP contribution >= 0.6 is 11.3 Å². The average Bonchev–Trinajstić information content (AvgIpc) is 4.02. The minimum atomic E-state index is -0.876. The van der Waals surface area contributed by atoms with Gasteiger partial charge < -0.3 is 40.5 Å². The molecule has 73 heavy (non-hydrogen) atoms. The van der Waals surface area contributed by atoms with E-state index in [1.807, 2.05) is 88.9 Å². The van der Waals surface area contributed by atoms with Gasteiger partial charge in [-0.05, 0) is 124 Å². The van der Waals surface area contributed by atoms with Crippen LogP contribution in [0.25, 0.3) is 32.7 Å². The maximum Gasteiger partial charge on any atom is 0.253 e. The number of nitrogens with zero attached hydrogens (tertiary/aromatic N) is 8. The number of aromatic amines is 1. The van der Waals surface area contributed by atoms with Gasteiger partial charge in [0.15, 0.2) is 5.65 Å². The van der Waals surface area contributed by atoms with Gasteiger partial charge in [0.1, 0.15) is 17.8 Å². The lowest BCUT2D eigenvalue weighted by molar-refractivity contribution is -0.145. The molecule has 0 bridgehead atoms. The largest absolute Gasteiger partial charge is 0.507 e. The van der Waals surface area contributed by atoms with Crippen molar-refractivity contribution in [1.29, 1.82) is 0 Å². The lowest BCUT2D eigenvalue weighted by Gasteiger charge is -2.41. The van der Waals surface area contributed by atoms with Gasteiger partial charge in [-0.25, -0.2) is 15.0 Å². The van der Waals surface area contributed by atoms with Crippen LogP contribution in [0.1, 0.15) is 113 Å². The van der Waals surface area contributed by atoms with Crippen molar-refractivity contribution in [2.75, 3.05) is 31.1 Å². The second-order valence-electron chi connectivity index (χ2n) is 21.5. The number of phenolic OH excluding ortho intramolecular Hbond substituents is 1. The lowest BCUT2D eigenvalue weighted by Crippen LogP contribution is -2.58. The summed E-state index contributed by atoms with van der Waals surface area (Å²) >= 11 is 1.59. The Bertz CT molecular complexity index is 3050. The normalized spacial score (nSPS) is 21.7. The van der Waals surface area contributed by atoms with Gasteiger partial charge in [0.05, 0.1) is 33.9 Å². The Hall–Kier alpha value is -6.63. The molecule has 3 amide bonds. The molecule has 2 saturated heterocycles. The highest BCUT2D eigenvalue weighted by atomic mass is 32.1. The number of aliphatic hydroxyl groups excluding tert-OH is 1. The Morgan fingerprint density at radius 2 is 1.60 bits per heavy atom. The van der Waals surface area contributed by atoms with Crippen LogP contribution in [0.15, 0.2) is 77.3 Å². The van der Waals surface area contributed by atoms with Crippen molar-refractivity contribution in [3.05, 3.63) is 111 Å². The number of pyridine rings is 1. The zero-order valence-corrected chi connectivity index (χ0v) is 43.0. The predicted molar refractivity (Wildman–Crippen MR) is 280 cm³/mol. The number of thiazole rings is 1. The van der Waals surface area contributed by atoms with Gasteiger partial charge in [-0.15, -0.1) is 21.5 Å². The molecule has 18 heteroatoms. The van der Waals surface area contributed by atoms with Gasteiger partial charge in [0, 0.05) is 66.9 Å². The number of amides is 3. The van der Waals surface area contributed by atoms with Crippen molar-refractivity contribution in [1.82, 2.24) is 50.6 Å². The standard InChI is InChI=1S/C55H65N11O6S/c1-31(33-10-12-35(13-11-33)47-32(2)58-30-73-47)59-52(71)45-24-39(67)28-66(45)53(72)48(55(3,4)5)60-50(69)36-14-16-38(17-15-36)64-21-18-34(19-22-64)37-26-56-54(57-27-37)65-23-20-40-43(29-65)42-25-44(41-8-6-7-9-46(41)68)62-63-49(42)61-51(40)70/h6-13,25-27,30-31,34,36,38-39,45,48,67-68H,14-24,28-29H2,1-5H3,(H,59,71)(H,60,69)(H,61,63,70)/t31-,36-,38+,39+,45-,48+/m0/s1. The molecule has 6 aromatic rings. The maximum atomic E-state index is 14.4. The van der Waals surface area contributed by atoms with Crippen LogP contribution in [0.2, 0.25) is 0 Å². The second kappa shape index (κ2) is 20.7. The van der Waals surface area contributed by atoms with Crippen molar-refractivity contribution in [2.45, 2.75) is 129 Å². The van der Waals surface area contributed by atoms with Crippen molar-refractivity contribution < 1.29 is 24.6 Å². The molecular weight excluding hydrogens is 943 g/mol. The number of rotatable bonds is 11. The van der Waals surface area contributed by atoms with Crippen molar-refractivity contribution in [3.8, 4) is 27.4 Å². The molecule has 4 aliphatic rings. The molecule has 0 spiro atoms. The molecule has 3 aliphatic heterocycles. The van der Waals surface area contributed by atoms with Crippen LogP contribution < -0.4 is 21.1 Å². The number of carbonyl (C=O) groups is 3. The van der Waals surface area contributed by atoms with Crippen LogP contribution in [0.5, 0.6) is 5.75 Å². The number of aliphatic hydroxyl groups is 1. The van der Waals surface area contributed by atoms with E-state index < -0.39 is 23.6 Å². The number of fused-ring (bicyclic) bond motifs is 3. The smallest absolute Gasteiger partial charge is 0.253 e. The minimum Gasteiger partial charge on any atom is -0.507 e. The number of nitrogens with one attached hydrogen (secondary N) is 3. The van der Waals surface area contributed by atoms with Gasteiger partial charge in [-0.2, -0.15) is 0 Å². The van der Waals surface area contributed by atoms with Gasteiger partial charge in [-0.3, -0.25) is 19.2 Å². The fraction of sp³-hybridized carbons (Fsp3) is 0.473. The average molecular weight is 1010 g/mol. The van der Waals surface area contributed by atoms with E-state index in [-0.39, 0.29) is 54.0 Å². The van der Waals surface area contributed by atoms with E-state index in [0.29, 0.717) is 59.9 Å². The third kappa shape index (κ3) is 10.5. The topological polar surface area (TPSA) is 223 Å². The number of hydrogen-bond donors (Lipinski definition) is 5. The summed E-state index contributed by atoms with van der Waals surface area (Å²) in [5.74, 6) is -0.000703. The molecular formula is C55H65N11O6S. The minimum absolute atomic E-state index is 0.0223. The van der Waals surface area contributed by atoms with E-state index in [0.717, 1.165) is 89.8 Å². The number of β-amino-alcohol motifs (C(OH)–C–C–N with tert-alkyl or cyclic N) is 1. The van der Waals surface area contributed by atoms with Crippen LogP contribution in [-0.2, 0) is 27.3 Å². The van der Waals surface area contributed by atoms with Crippen LogP contribution in [0, 0.1) is 18.3 Å². The third-order valence-electron chi connectivity index (χ3n) is 15.7. The molecule has 4 aromatic heterocycles. The Morgan fingerprint density at radius 3 is 2.29 bits per heavy atom. The summed E-state index contributed by atoms with van der Waals surface area (Å²) in [4.78, 5) is 79.5. The number of aryl methyl sites for hydroxylation is 1. The Kier molecular flexibility index (Phi) is 14.2. The molecule has 1 aliphatic carbocycles. The number of aromatic nitrogens is 6. The van der Waals surface area contributed by atoms with Crippen molar-refractivity contribution >= 4 is 46.0 Å². The quantitative estimate of drug-likeness (QED) is 0.0927. The highest BCUT2D eigenvalue weighted by Gasteiger charge is 2.45. The number of piperidine rings is 1. The summed E-state index contributed by atoms with van der Waals surface area (Å²) in [5.41, 5.74) is 8.14. The van der Waals surface area contributed by atoms with E-state index in [4.69, 9.17) is 9.97 Å². The predicted octanol–water partition coefficient (Wildman–Crippen LogP) is 6.58. The first kappa shape index (κ1) is 49.9. The molecule has 17 nitrogen and oxygen atoms in total. The van der Waals surface area contributed by atoms with E-state index in [9.17, 15) is 29.4 Å². The molecule has 0 unspecified atom stereocenters. The van der Waals surface area contributed by atoms with E-state index >= 15 is 0 Å². The molecule has 5 N–H and O–H groups in total. The molecule has 0 radical (unpaired) electrons. The maximum absolute atomic E-state index is 14.4. The second-order valence-corrected chi connectivity index (χ2v) is 22.4. The Morgan fingerprint density at radius 1 is 0.877 bits per heavy atom. The first-order valence-corrected chi connectivity index (χ1v) is 26.6. The van der Waals surface area contributed by atoms with Gasteiger partial charge in [-0.1, -0.05) is 57.2 Å². The van der Waals surface area contributed by atoms with E-state index in [1.54, 1.807) is 29.5 Å². The third-order valence-corrected chi connectivity index (χ3v) is 16.7. The number of likely N-dealkylation sites (tertiary alicyclic amines) is 2. The fourth-order valence-corrected chi connectivity index (χ4v) is 12.2. The molecule has 4 atom stereocenters. The van der Waals surface area contributed by atoms with Gasteiger partial charge in [0.25, 0.3) is 5.56 Å². The number of phenols is 1. The number of hydrogen-bond acceptors (Lipinski definition) is 14. The fourth-order valence-electron chi connectivity index (χ4n) is 11.4. The highest BCUT2D eigenvalue weighted by molar-refractivity contribution is 7.13. The zero-order valence-electron chi connectivity index (χ0n) is 42.2. The van der Waals surface area contributed by atoms with Crippen LogP contribution in [0.3, 0.4) is 0 Å². The Balaban J connectivity index is 0.708. The molecule has 3 fully saturated rings. The summed E-state index contributed by atoms with van der Waals surface area (Å²) in [6.45, 7) is 12.6. The highest BCUT2D eigenvalue weighted by Crippen LogP contribution is 2.36. The number of H-pyrrole nitrogens is 1. The number of benzene rings is 2. The van der Waals surface area contributed by atoms with Gasteiger partial charge in [0.2, 0.25) is 23.7 Å². The Labute approximate surface area is 428 Å². The molecule has 382 valence electrons. The lowest BCUT2D eigenvalue weighted by atomic mass is 9.81. The number of anilines is 1.